The second-order valence-corrected chi connectivity index (χ2v) is 11.7. The van der Waals surface area contributed by atoms with Gasteiger partial charge in [-0.3, -0.25) is 14.7 Å². The molecular weight excluding hydrogens is 613 g/mol. The van der Waals surface area contributed by atoms with Crippen LogP contribution in [0.4, 0.5) is 18.9 Å². The van der Waals surface area contributed by atoms with Crippen LogP contribution in [-0.4, -0.2) is 63.9 Å². The first kappa shape index (κ1) is 29.9. The summed E-state index contributed by atoms with van der Waals surface area (Å²) in [7, 11) is 1.99. The zero-order valence-electron chi connectivity index (χ0n) is 23.4. The van der Waals surface area contributed by atoms with E-state index >= 15 is 0 Å². The van der Waals surface area contributed by atoms with E-state index in [-0.39, 0.29) is 40.0 Å². The Kier molecular flexibility index (Phi) is 8.50. The van der Waals surface area contributed by atoms with E-state index in [2.05, 4.69) is 25.2 Å². The third-order valence-electron chi connectivity index (χ3n) is 7.25. The summed E-state index contributed by atoms with van der Waals surface area (Å²) in [5.74, 6) is 0.287. The molecule has 0 atom stereocenters. The van der Waals surface area contributed by atoms with Crippen molar-refractivity contribution in [2.24, 2.45) is 0 Å². The molecule has 1 amide bonds. The number of anilines is 1. The van der Waals surface area contributed by atoms with E-state index in [0.717, 1.165) is 19.2 Å². The molecule has 0 radical (unpaired) electrons. The number of thiophene rings is 1. The van der Waals surface area contributed by atoms with Gasteiger partial charge in [0.05, 0.1) is 21.7 Å². The third-order valence-corrected chi connectivity index (χ3v) is 8.47. The molecule has 1 saturated heterocycles. The van der Waals surface area contributed by atoms with Crippen LogP contribution in [0.3, 0.4) is 0 Å². The smallest absolute Gasteiger partial charge is 0.416 e. The summed E-state index contributed by atoms with van der Waals surface area (Å²) >= 11 is 7.75. The first-order valence-electron chi connectivity index (χ1n) is 13.7. The Morgan fingerprint density at radius 1 is 1.07 bits per heavy atom. The number of alkyl halides is 3. The first-order valence-corrected chi connectivity index (χ1v) is 15.0. The van der Waals surface area contributed by atoms with Crippen molar-refractivity contribution in [3.05, 3.63) is 94.1 Å². The highest BCUT2D eigenvalue weighted by atomic mass is 35.5. The van der Waals surface area contributed by atoms with Crippen LogP contribution in [0.15, 0.2) is 72.4 Å². The van der Waals surface area contributed by atoms with Crippen LogP contribution in [-0.2, 0) is 12.7 Å². The second kappa shape index (κ2) is 12.5. The summed E-state index contributed by atoms with van der Waals surface area (Å²) in [6.07, 6.45) is -1.30. The van der Waals surface area contributed by atoms with Crippen LogP contribution in [0.5, 0.6) is 11.6 Å². The Balaban J connectivity index is 1.24. The minimum absolute atomic E-state index is 0.00375. The number of piperazine rings is 1. The maximum Gasteiger partial charge on any atom is 0.416 e. The number of likely N-dealkylation sites (N-methyl/N-ethyl adjacent to an activating group) is 1. The molecule has 0 bridgehead atoms. The van der Waals surface area contributed by atoms with Crippen LogP contribution in [0.2, 0.25) is 5.02 Å². The molecule has 44 heavy (non-hydrogen) atoms. The monoisotopic (exact) mass is 638 g/mol. The van der Waals surface area contributed by atoms with Gasteiger partial charge in [0.2, 0.25) is 5.88 Å². The van der Waals surface area contributed by atoms with Crippen molar-refractivity contribution >= 4 is 44.7 Å². The predicted octanol–water partition coefficient (Wildman–Crippen LogP) is 7.22. The number of rotatable bonds is 7. The van der Waals surface area contributed by atoms with Crippen molar-refractivity contribution in [2.75, 3.05) is 38.5 Å². The first-order chi connectivity index (χ1) is 21.1. The lowest BCUT2D eigenvalue weighted by Gasteiger charge is -2.33. The number of nitrogens with one attached hydrogen (secondary N) is 1. The molecule has 226 valence electrons. The Hall–Kier alpha value is -4.10. The summed E-state index contributed by atoms with van der Waals surface area (Å²) in [6, 6.07) is 13.8. The second-order valence-electron chi connectivity index (χ2n) is 10.4. The molecule has 0 aliphatic carbocycles. The molecule has 0 spiro atoms. The number of amides is 1. The number of ether oxygens (including phenoxy) is 1. The van der Waals surface area contributed by atoms with Crippen molar-refractivity contribution in [3.63, 3.8) is 0 Å². The normalized spacial score (nSPS) is 14.6. The summed E-state index contributed by atoms with van der Waals surface area (Å²) in [6.45, 7) is 3.12. The lowest BCUT2D eigenvalue weighted by atomic mass is 10.0. The molecular formula is C31H26ClF3N6O2S. The number of hydrogen-bond donors (Lipinski definition) is 1. The molecule has 5 aromatic rings. The summed E-state index contributed by atoms with van der Waals surface area (Å²) in [5, 5.41) is 4.54. The van der Waals surface area contributed by atoms with Crippen LogP contribution < -0.4 is 10.1 Å². The number of halogens is 4. The summed E-state index contributed by atoms with van der Waals surface area (Å²) in [4.78, 5) is 30.7. The summed E-state index contributed by atoms with van der Waals surface area (Å²) < 4.78 is 49.0. The van der Waals surface area contributed by atoms with Crippen LogP contribution in [0.25, 0.3) is 21.6 Å². The fourth-order valence-electron chi connectivity index (χ4n) is 4.88. The molecule has 4 heterocycles. The van der Waals surface area contributed by atoms with Crippen LogP contribution in [0.1, 0.15) is 21.5 Å². The van der Waals surface area contributed by atoms with Gasteiger partial charge in [-0.15, -0.1) is 11.3 Å². The molecule has 1 aliphatic rings. The van der Waals surface area contributed by atoms with Crippen LogP contribution >= 0.6 is 22.9 Å². The molecule has 2 aromatic carbocycles. The van der Waals surface area contributed by atoms with Gasteiger partial charge in [0.1, 0.15) is 10.4 Å². The van der Waals surface area contributed by atoms with Crippen molar-refractivity contribution in [1.29, 1.82) is 0 Å². The minimum atomic E-state index is -4.59. The number of fused-ring (bicyclic) bond motifs is 1. The van der Waals surface area contributed by atoms with Crippen molar-refractivity contribution in [2.45, 2.75) is 12.7 Å². The number of carbonyl (C=O) groups is 1. The van der Waals surface area contributed by atoms with Gasteiger partial charge in [-0.2, -0.15) is 18.2 Å². The fourth-order valence-corrected chi connectivity index (χ4v) is 5.84. The van der Waals surface area contributed by atoms with Gasteiger partial charge in [-0.25, -0.2) is 4.98 Å². The molecule has 1 N–H and O–H groups in total. The van der Waals surface area contributed by atoms with Gasteiger partial charge in [-0.1, -0.05) is 17.7 Å². The van der Waals surface area contributed by atoms with E-state index in [1.807, 2.05) is 29.5 Å². The lowest BCUT2D eigenvalue weighted by Crippen LogP contribution is -2.44. The molecule has 0 saturated carbocycles. The molecule has 1 fully saturated rings. The van der Waals surface area contributed by atoms with Crippen molar-refractivity contribution in [3.8, 4) is 23.0 Å². The zero-order chi connectivity index (χ0) is 30.8. The fraction of sp³-hybridized carbons (Fsp3) is 0.226. The van der Waals surface area contributed by atoms with Crippen molar-refractivity contribution in [1.82, 2.24) is 24.8 Å². The van der Waals surface area contributed by atoms with E-state index in [9.17, 15) is 18.0 Å². The van der Waals surface area contributed by atoms with E-state index in [1.165, 1.54) is 35.6 Å². The van der Waals surface area contributed by atoms with E-state index in [1.54, 1.807) is 24.5 Å². The molecule has 6 rings (SSSR count). The van der Waals surface area contributed by atoms with Gasteiger partial charge >= 0.3 is 6.18 Å². The number of hydrogen-bond acceptors (Lipinski definition) is 8. The largest absolute Gasteiger partial charge is 0.437 e. The Morgan fingerprint density at radius 2 is 1.89 bits per heavy atom. The van der Waals surface area contributed by atoms with Gasteiger partial charge in [0.15, 0.2) is 5.82 Å². The lowest BCUT2D eigenvalue weighted by molar-refractivity contribution is -0.138. The highest BCUT2D eigenvalue weighted by molar-refractivity contribution is 7.17. The van der Waals surface area contributed by atoms with Gasteiger partial charge in [0.25, 0.3) is 5.91 Å². The molecule has 0 unspecified atom stereocenters. The molecule has 3 aromatic heterocycles. The Labute approximate surface area is 260 Å². The third kappa shape index (κ3) is 6.68. The number of pyridine rings is 1. The van der Waals surface area contributed by atoms with E-state index in [4.69, 9.17) is 16.3 Å². The van der Waals surface area contributed by atoms with Gasteiger partial charge in [0, 0.05) is 56.4 Å². The average Bonchev–Trinajstić information content (AvgIpc) is 3.49. The Bertz CT molecular complexity index is 1810. The molecule has 13 heteroatoms. The standard InChI is InChI=1S/C31H26ClF3N6O2S/c1-40-10-12-41(13-11-40)18-20-4-5-21(15-24(20)31(33,34)35)37-29(42)23-16-22(6-7-25(23)32)43-30-27-26(8-14-44-27)38-28(39-30)19-3-2-9-36-17-19/h2-9,14-17H,10-13,18H2,1H3,(H,37,42). The van der Waals surface area contributed by atoms with Crippen LogP contribution in [0, 0.1) is 0 Å². The van der Waals surface area contributed by atoms with Gasteiger partial charge < -0.3 is 15.0 Å². The Morgan fingerprint density at radius 3 is 2.64 bits per heavy atom. The SMILES string of the molecule is CN1CCN(Cc2ccc(NC(=O)c3cc(Oc4nc(-c5cccnc5)nc5ccsc45)ccc3Cl)cc2C(F)(F)F)CC1. The number of aromatic nitrogens is 3. The highest BCUT2D eigenvalue weighted by Crippen LogP contribution is 2.36. The quantitative estimate of drug-likeness (QED) is 0.202. The number of carbonyl (C=O) groups excluding carboxylic acids is 1. The minimum Gasteiger partial charge on any atom is -0.437 e. The number of nitrogens with zero attached hydrogens (tertiary/aromatic N) is 5. The maximum atomic E-state index is 14.1. The summed E-state index contributed by atoms with van der Waals surface area (Å²) in [5.41, 5.74) is 0.790. The van der Waals surface area contributed by atoms with E-state index < -0.39 is 17.6 Å². The molecule has 1 aliphatic heterocycles. The van der Waals surface area contributed by atoms with E-state index in [0.29, 0.717) is 34.7 Å². The zero-order valence-corrected chi connectivity index (χ0v) is 25.0. The topological polar surface area (TPSA) is 83.5 Å². The predicted molar refractivity (Wildman–Crippen MR) is 164 cm³/mol. The maximum absolute atomic E-state index is 14.1. The molecule has 8 nitrogen and oxygen atoms in total. The number of benzene rings is 2. The average molecular weight is 639 g/mol. The van der Waals surface area contributed by atoms with Crippen molar-refractivity contribution < 1.29 is 22.7 Å². The van der Waals surface area contributed by atoms with Gasteiger partial charge in [-0.05, 0) is 66.5 Å². The highest BCUT2D eigenvalue weighted by Gasteiger charge is 2.34.